The van der Waals surface area contributed by atoms with Gasteiger partial charge in [0, 0.05) is 12.6 Å². The summed E-state index contributed by atoms with van der Waals surface area (Å²) in [5.74, 6) is 0.187. The first-order valence-electron chi connectivity index (χ1n) is 8.87. The van der Waals surface area contributed by atoms with Crippen LogP contribution in [0.1, 0.15) is 47.2 Å². The molecule has 134 valence electrons. The fourth-order valence-corrected chi connectivity index (χ4v) is 3.30. The number of carbonyl (C=O) groups is 1. The monoisotopic (exact) mass is 342 g/mol. The number of nitrogens with two attached hydrogens (primary N) is 1. The maximum Gasteiger partial charge on any atom is 0.273 e. The summed E-state index contributed by atoms with van der Waals surface area (Å²) in [5, 5.41) is 2.92. The predicted octanol–water partition coefficient (Wildman–Crippen LogP) is 2.13. The molecule has 25 heavy (non-hydrogen) atoms. The topological polar surface area (TPSA) is 84.4 Å². The van der Waals surface area contributed by atoms with Crippen LogP contribution in [-0.4, -0.2) is 42.0 Å². The average molecular weight is 342 g/mol. The van der Waals surface area contributed by atoms with E-state index in [1.807, 2.05) is 30.3 Å². The molecule has 0 bridgehead atoms. The van der Waals surface area contributed by atoms with Gasteiger partial charge in [0.25, 0.3) is 5.91 Å². The molecular formula is C19H26N4O2. The predicted molar refractivity (Wildman–Crippen MR) is 96.2 cm³/mol. The molecule has 6 heteroatoms. The largest absolute Gasteiger partial charge is 0.446 e. The van der Waals surface area contributed by atoms with Gasteiger partial charge in [0.2, 0.25) is 5.89 Å². The van der Waals surface area contributed by atoms with E-state index in [2.05, 4.69) is 22.2 Å². The molecular weight excluding hydrogens is 316 g/mol. The van der Waals surface area contributed by atoms with E-state index in [1.165, 1.54) is 19.1 Å². The van der Waals surface area contributed by atoms with Crippen molar-refractivity contribution in [1.82, 2.24) is 15.2 Å². The van der Waals surface area contributed by atoms with Crippen molar-refractivity contribution in [2.24, 2.45) is 5.73 Å². The van der Waals surface area contributed by atoms with Gasteiger partial charge in [-0.15, -0.1) is 0 Å². The zero-order valence-electron chi connectivity index (χ0n) is 14.6. The lowest BCUT2D eigenvalue weighted by atomic mass is 10.1. The molecule has 3 N–H and O–H groups in total. The summed E-state index contributed by atoms with van der Waals surface area (Å²) in [6.07, 6.45) is 5.41. The molecule has 1 aliphatic heterocycles. The van der Waals surface area contributed by atoms with Gasteiger partial charge in [0.15, 0.2) is 5.69 Å². The first kappa shape index (κ1) is 17.6. The number of hydrogen-bond donors (Lipinski definition) is 2. The van der Waals surface area contributed by atoms with Crippen LogP contribution in [0, 0.1) is 0 Å². The molecule has 2 unspecified atom stereocenters. The molecule has 1 aromatic heterocycles. The SMILES string of the molecule is CN1CCCC1CCNC(=O)c1coc(C(N)Cc2ccccc2)n1. The molecule has 2 heterocycles. The molecule has 1 aliphatic rings. The summed E-state index contributed by atoms with van der Waals surface area (Å²) >= 11 is 0. The van der Waals surface area contributed by atoms with Gasteiger partial charge < -0.3 is 20.4 Å². The highest BCUT2D eigenvalue weighted by atomic mass is 16.3. The number of benzene rings is 1. The number of aromatic nitrogens is 1. The molecule has 2 atom stereocenters. The number of nitrogens with zero attached hydrogens (tertiary/aromatic N) is 2. The van der Waals surface area contributed by atoms with Crippen molar-refractivity contribution >= 4 is 5.91 Å². The van der Waals surface area contributed by atoms with E-state index >= 15 is 0 Å². The Bertz CT molecular complexity index is 686. The van der Waals surface area contributed by atoms with E-state index in [0.717, 1.165) is 18.5 Å². The van der Waals surface area contributed by atoms with Crippen LogP contribution in [0.4, 0.5) is 0 Å². The van der Waals surface area contributed by atoms with Gasteiger partial charge in [-0.05, 0) is 44.8 Å². The first-order chi connectivity index (χ1) is 12.1. The third kappa shape index (κ3) is 4.67. The Hall–Kier alpha value is -2.18. The van der Waals surface area contributed by atoms with Gasteiger partial charge in [-0.1, -0.05) is 30.3 Å². The minimum atomic E-state index is -0.365. The second-order valence-corrected chi connectivity index (χ2v) is 6.69. The van der Waals surface area contributed by atoms with Crippen LogP contribution >= 0.6 is 0 Å². The lowest BCUT2D eigenvalue weighted by molar-refractivity contribution is 0.0945. The minimum Gasteiger partial charge on any atom is -0.446 e. The number of hydrogen-bond acceptors (Lipinski definition) is 5. The molecule has 2 aromatic rings. The number of amides is 1. The van der Waals surface area contributed by atoms with Crippen LogP contribution in [0.25, 0.3) is 0 Å². The third-order valence-electron chi connectivity index (χ3n) is 4.80. The molecule has 0 saturated carbocycles. The molecule has 0 radical (unpaired) electrons. The van der Waals surface area contributed by atoms with Crippen molar-refractivity contribution in [2.75, 3.05) is 20.1 Å². The fraction of sp³-hybridized carbons (Fsp3) is 0.474. The van der Waals surface area contributed by atoms with E-state index in [-0.39, 0.29) is 11.9 Å². The van der Waals surface area contributed by atoms with Gasteiger partial charge in [-0.3, -0.25) is 4.79 Å². The zero-order chi connectivity index (χ0) is 17.6. The van der Waals surface area contributed by atoms with Crippen molar-refractivity contribution in [1.29, 1.82) is 0 Å². The van der Waals surface area contributed by atoms with E-state index < -0.39 is 0 Å². The number of carbonyl (C=O) groups excluding carboxylic acids is 1. The van der Waals surface area contributed by atoms with Crippen LogP contribution in [-0.2, 0) is 6.42 Å². The van der Waals surface area contributed by atoms with E-state index in [1.54, 1.807) is 0 Å². The molecule has 0 spiro atoms. The molecule has 3 rings (SSSR count). The second-order valence-electron chi connectivity index (χ2n) is 6.69. The van der Waals surface area contributed by atoms with Gasteiger partial charge >= 0.3 is 0 Å². The summed E-state index contributed by atoms with van der Waals surface area (Å²) < 4.78 is 5.41. The maximum absolute atomic E-state index is 12.2. The van der Waals surface area contributed by atoms with Crippen LogP contribution in [0.15, 0.2) is 41.0 Å². The molecule has 1 saturated heterocycles. The lowest BCUT2D eigenvalue weighted by Gasteiger charge is -2.18. The average Bonchev–Trinajstić information content (AvgIpc) is 3.25. The van der Waals surface area contributed by atoms with Gasteiger partial charge in [-0.2, -0.15) is 0 Å². The Balaban J connectivity index is 1.49. The first-order valence-corrected chi connectivity index (χ1v) is 8.87. The Morgan fingerprint density at radius 3 is 2.96 bits per heavy atom. The van der Waals surface area contributed by atoms with E-state index in [4.69, 9.17) is 10.2 Å². The highest BCUT2D eigenvalue weighted by molar-refractivity contribution is 5.91. The fourth-order valence-electron chi connectivity index (χ4n) is 3.30. The van der Waals surface area contributed by atoms with Gasteiger partial charge in [0.1, 0.15) is 6.26 Å². The lowest BCUT2D eigenvalue weighted by Crippen LogP contribution is -2.32. The van der Waals surface area contributed by atoms with Crippen molar-refractivity contribution in [3.05, 3.63) is 53.7 Å². The Labute approximate surface area is 148 Å². The zero-order valence-corrected chi connectivity index (χ0v) is 14.6. The third-order valence-corrected chi connectivity index (χ3v) is 4.80. The second kappa shape index (κ2) is 8.27. The minimum absolute atomic E-state index is 0.206. The quantitative estimate of drug-likeness (QED) is 0.805. The summed E-state index contributed by atoms with van der Waals surface area (Å²) in [7, 11) is 2.14. The summed E-state index contributed by atoms with van der Waals surface area (Å²) in [6.45, 7) is 1.79. The molecule has 1 aromatic carbocycles. The van der Waals surface area contributed by atoms with Crippen molar-refractivity contribution in [3.8, 4) is 0 Å². The van der Waals surface area contributed by atoms with Crippen molar-refractivity contribution in [2.45, 2.75) is 37.8 Å². The maximum atomic E-state index is 12.2. The summed E-state index contributed by atoms with van der Waals surface area (Å²) in [6, 6.07) is 10.1. The normalized spacial score (nSPS) is 19.0. The van der Waals surface area contributed by atoms with Crippen molar-refractivity contribution < 1.29 is 9.21 Å². The van der Waals surface area contributed by atoms with E-state index in [9.17, 15) is 4.79 Å². The molecule has 1 amide bonds. The summed E-state index contributed by atoms with van der Waals surface area (Å²) in [4.78, 5) is 18.8. The van der Waals surface area contributed by atoms with Crippen molar-refractivity contribution in [3.63, 3.8) is 0 Å². The highest BCUT2D eigenvalue weighted by Crippen LogP contribution is 2.18. The van der Waals surface area contributed by atoms with Crippen LogP contribution in [0.3, 0.4) is 0 Å². The Kier molecular flexibility index (Phi) is 5.83. The van der Waals surface area contributed by atoms with Gasteiger partial charge in [-0.25, -0.2) is 4.98 Å². The highest BCUT2D eigenvalue weighted by Gasteiger charge is 2.21. The van der Waals surface area contributed by atoms with Crippen LogP contribution in [0.5, 0.6) is 0 Å². The molecule has 6 nitrogen and oxygen atoms in total. The number of oxazole rings is 1. The molecule has 1 fully saturated rings. The van der Waals surface area contributed by atoms with Crippen LogP contribution in [0.2, 0.25) is 0 Å². The number of likely N-dealkylation sites (tertiary alicyclic amines) is 1. The Morgan fingerprint density at radius 2 is 2.24 bits per heavy atom. The summed E-state index contributed by atoms with van der Waals surface area (Å²) in [5.41, 5.74) is 7.55. The smallest absolute Gasteiger partial charge is 0.273 e. The van der Waals surface area contributed by atoms with E-state index in [0.29, 0.717) is 30.6 Å². The number of rotatable bonds is 7. The van der Waals surface area contributed by atoms with Crippen LogP contribution < -0.4 is 11.1 Å². The standard InChI is InChI=1S/C19H26N4O2/c1-23-11-5-8-15(23)9-10-21-18(24)17-13-25-19(22-17)16(20)12-14-6-3-2-4-7-14/h2-4,6-7,13,15-16H,5,8-12,20H2,1H3,(H,21,24). The Morgan fingerprint density at radius 1 is 1.44 bits per heavy atom. The number of nitrogens with one attached hydrogen (secondary N) is 1. The van der Waals surface area contributed by atoms with Gasteiger partial charge in [0.05, 0.1) is 6.04 Å². The molecule has 0 aliphatic carbocycles.